The highest BCUT2D eigenvalue weighted by atomic mass is 32.2. The highest BCUT2D eigenvalue weighted by Gasteiger charge is 2.19. The Morgan fingerprint density at radius 2 is 1.95 bits per heavy atom. The van der Waals surface area contributed by atoms with Crippen LogP contribution >= 0.6 is 11.8 Å². The van der Waals surface area contributed by atoms with Crippen LogP contribution in [0.1, 0.15) is 0 Å². The van der Waals surface area contributed by atoms with Crippen LogP contribution in [0, 0.1) is 10.1 Å². The minimum absolute atomic E-state index is 0.0316. The quantitative estimate of drug-likeness (QED) is 0.500. The van der Waals surface area contributed by atoms with Gasteiger partial charge in [-0.3, -0.25) is 16.0 Å². The summed E-state index contributed by atoms with van der Waals surface area (Å²) in [5.74, 6) is 6.05. The van der Waals surface area contributed by atoms with Crippen LogP contribution in [0.25, 0.3) is 0 Å². The van der Waals surface area contributed by atoms with Crippen LogP contribution < -0.4 is 16.0 Å². The summed E-state index contributed by atoms with van der Waals surface area (Å²) in [6, 6.07) is 12.3. The Kier molecular flexibility index (Phi) is 4.44. The lowest BCUT2D eigenvalue weighted by molar-refractivity contribution is -0.386. The summed E-state index contributed by atoms with van der Waals surface area (Å²) in [6.07, 6.45) is 0. The van der Waals surface area contributed by atoms with Gasteiger partial charge in [0.05, 0.1) is 16.9 Å². The first kappa shape index (κ1) is 14.2. The summed E-state index contributed by atoms with van der Waals surface area (Å²) in [6.45, 7) is 0. The number of nitro benzene ring substituents is 1. The van der Waals surface area contributed by atoms with E-state index in [9.17, 15) is 10.1 Å². The van der Waals surface area contributed by atoms with Crippen molar-refractivity contribution in [1.29, 1.82) is 0 Å². The molecule has 0 atom stereocenters. The monoisotopic (exact) mass is 291 g/mol. The Balaban J connectivity index is 2.34. The summed E-state index contributed by atoms with van der Waals surface area (Å²) >= 11 is 1.30. The number of hydrogen-bond acceptors (Lipinski definition) is 6. The molecule has 0 spiro atoms. The number of nitrogens with one attached hydrogen (secondary N) is 1. The van der Waals surface area contributed by atoms with Crippen LogP contribution in [0.5, 0.6) is 5.75 Å². The minimum Gasteiger partial charge on any atom is -0.497 e. The Morgan fingerprint density at radius 1 is 1.25 bits per heavy atom. The molecule has 3 N–H and O–H groups in total. The molecule has 0 aliphatic carbocycles. The number of hydrazine groups is 1. The van der Waals surface area contributed by atoms with Gasteiger partial charge >= 0.3 is 5.69 Å². The second-order valence-corrected chi connectivity index (χ2v) is 4.95. The number of nitrogen functional groups attached to an aromatic ring is 1. The maximum atomic E-state index is 11.2. The second kappa shape index (κ2) is 6.27. The average molecular weight is 291 g/mol. The number of ether oxygens (including phenoxy) is 1. The van der Waals surface area contributed by atoms with E-state index in [1.165, 1.54) is 11.8 Å². The van der Waals surface area contributed by atoms with Crippen molar-refractivity contribution in [2.24, 2.45) is 5.84 Å². The molecular formula is C13H13N3O3S. The van der Waals surface area contributed by atoms with Crippen molar-refractivity contribution in [3.8, 4) is 5.75 Å². The maximum absolute atomic E-state index is 11.2. The van der Waals surface area contributed by atoms with Gasteiger partial charge in [0.2, 0.25) is 0 Å². The minimum atomic E-state index is -0.443. The lowest BCUT2D eigenvalue weighted by Crippen LogP contribution is -2.09. The molecular weight excluding hydrogens is 278 g/mol. The number of methoxy groups -OCH3 is 1. The third-order valence-electron chi connectivity index (χ3n) is 2.62. The van der Waals surface area contributed by atoms with E-state index in [-0.39, 0.29) is 11.4 Å². The van der Waals surface area contributed by atoms with E-state index in [1.54, 1.807) is 37.4 Å². The van der Waals surface area contributed by atoms with Gasteiger partial charge in [0.25, 0.3) is 0 Å². The zero-order chi connectivity index (χ0) is 14.5. The van der Waals surface area contributed by atoms with Crippen molar-refractivity contribution >= 4 is 23.1 Å². The molecule has 2 rings (SSSR count). The molecule has 6 nitrogen and oxygen atoms in total. The Morgan fingerprint density at radius 3 is 2.50 bits per heavy atom. The molecule has 20 heavy (non-hydrogen) atoms. The molecule has 0 aliphatic heterocycles. The fourth-order valence-corrected chi connectivity index (χ4v) is 2.63. The molecule has 104 valence electrons. The lowest BCUT2D eigenvalue weighted by atomic mass is 10.3. The Bertz CT molecular complexity index is 617. The topological polar surface area (TPSA) is 90.4 Å². The average Bonchev–Trinajstić information content (AvgIpc) is 2.47. The van der Waals surface area contributed by atoms with Crippen LogP contribution in [0.2, 0.25) is 0 Å². The van der Waals surface area contributed by atoms with Crippen molar-refractivity contribution in [3.05, 3.63) is 52.6 Å². The van der Waals surface area contributed by atoms with E-state index in [0.29, 0.717) is 4.90 Å². The summed E-state index contributed by atoms with van der Waals surface area (Å²) in [5, 5.41) is 11.2. The molecule has 0 unspecified atom stereocenters. The summed E-state index contributed by atoms with van der Waals surface area (Å²) in [7, 11) is 1.59. The Hall–Kier alpha value is -2.25. The van der Waals surface area contributed by atoms with Crippen LogP contribution in [-0.4, -0.2) is 12.0 Å². The Labute approximate surface area is 120 Å². The van der Waals surface area contributed by atoms with Crippen molar-refractivity contribution in [2.75, 3.05) is 12.5 Å². The first-order valence-corrected chi connectivity index (χ1v) is 6.53. The van der Waals surface area contributed by atoms with E-state index in [1.807, 2.05) is 12.1 Å². The van der Waals surface area contributed by atoms with E-state index < -0.39 is 4.92 Å². The van der Waals surface area contributed by atoms with Gasteiger partial charge in [-0.15, -0.1) is 0 Å². The number of benzene rings is 2. The molecule has 0 aliphatic rings. The standard InChI is InChI=1S/C13H13N3O3S/c1-19-9-5-7-10(8-6-9)20-12-4-2-3-11(15-14)13(12)16(17)18/h2-8,15H,14H2,1H3. The van der Waals surface area contributed by atoms with Crippen LogP contribution in [0.15, 0.2) is 52.3 Å². The molecule has 0 radical (unpaired) electrons. The number of nitrogens with zero attached hydrogens (tertiary/aromatic N) is 1. The van der Waals surface area contributed by atoms with Gasteiger partial charge in [0.1, 0.15) is 11.4 Å². The van der Waals surface area contributed by atoms with Crippen LogP contribution in [-0.2, 0) is 0 Å². The van der Waals surface area contributed by atoms with Gasteiger partial charge < -0.3 is 10.2 Å². The van der Waals surface area contributed by atoms with Crippen molar-refractivity contribution in [1.82, 2.24) is 0 Å². The van der Waals surface area contributed by atoms with Crippen molar-refractivity contribution in [3.63, 3.8) is 0 Å². The van der Waals surface area contributed by atoms with Gasteiger partial charge in [-0.1, -0.05) is 17.8 Å². The van der Waals surface area contributed by atoms with Gasteiger partial charge in [-0.05, 0) is 36.4 Å². The summed E-state index contributed by atoms with van der Waals surface area (Å²) in [4.78, 5) is 12.1. The predicted octanol–water partition coefficient (Wildman–Crippen LogP) is 3.04. The van der Waals surface area contributed by atoms with Gasteiger partial charge in [-0.25, -0.2) is 0 Å². The number of nitrogens with two attached hydrogens (primary N) is 1. The highest BCUT2D eigenvalue weighted by molar-refractivity contribution is 7.99. The zero-order valence-electron chi connectivity index (χ0n) is 10.7. The second-order valence-electron chi connectivity index (χ2n) is 3.83. The first-order valence-electron chi connectivity index (χ1n) is 5.71. The molecule has 0 bridgehead atoms. The van der Waals surface area contributed by atoms with Crippen molar-refractivity contribution < 1.29 is 9.66 Å². The largest absolute Gasteiger partial charge is 0.497 e. The normalized spacial score (nSPS) is 10.1. The SMILES string of the molecule is COc1ccc(Sc2cccc(NN)c2[N+](=O)[O-])cc1. The van der Waals surface area contributed by atoms with Gasteiger partial charge in [-0.2, -0.15) is 0 Å². The number of nitro groups is 1. The highest BCUT2D eigenvalue weighted by Crippen LogP contribution is 2.39. The smallest absolute Gasteiger partial charge is 0.307 e. The summed E-state index contributed by atoms with van der Waals surface area (Å²) < 4.78 is 5.07. The molecule has 0 saturated heterocycles. The fraction of sp³-hybridized carbons (Fsp3) is 0.0769. The van der Waals surface area contributed by atoms with E-state index in [2.05, 4.69) is 5.43 Å². The number of hydrogen-bond donors (Lipinski definition) is 2. The van der Waals surface area contributed by atoms with E-state index >= 15 is 0 Å². The van der Waals surface area contributed by atoms with Crippen LogP contribution in [0.4, 0.5) is 11.4 Å². The molecule has 0 amide bonds. The molecule has 2 aromatic carbocycles. The molecule has 7 heteroatoms. The van der Waals surface area contributed by atoms with E-state index in [4.69, 9.17) is 10.6 Å². The molecule has 0 saturated carbocycles. The summed E-state index contributed by atoms with van der Waals surface area (Å²) in [5.41, 5.74) is 2.60. The zero-order valence-corrected chi connectivity index (χ0v) is 11.5. The van der Waals surface area contributed by atoms with Crippen molar-refractivity contribution in [2.45, 2.75) is 9.79 Å². The van der Waals surface area contributed by atoms with E-state index in [0.717, 1.165) is 10.6 Å². The number of anilines is 1. The van der Waals surface area contributed by atoms with Gasteiger partial charge in [0.15, 0.2) is 0 Å². The van der Waals surface area contributed by atoms with Crippen LogP contribution in [0.3, 0.4) is 0 Å². The predicted molar refractivity (Wildman–Crippen MR) is 78.0 cm³/mol. The number of para-hydroxylation sites is 1. The maximum Gasteiger partial charge on any atom is 0.307 e. The lowest BCUT2D eigenvalue weighted by Gasteiger charge is -2.07. The van der Waals surface area contributed by atoms with Gasteiger partial charge in [0, 0.05) is 4.90 Å². The first-order chi connectivity index (χ1) is 9.65. The third-order valence-corrected chi connectivity index (χ3v) is 3.68. The molecule has 0 fully saturated rings. The third kappa shape index (κ3) is 3.01. The molecule has 2 aromatic rings. The fourth-order valence-electron chi connectivity index (χ4n) is 1.68. The molecule has 0 heterocycles. The molecule has 0 aromatic heterocycles. The number of rotatable bonds is 5.